The molecule has 1 aliphatic rings. The van der Waals surface area contributed by atoms with E-state index in [1.54, 1.807) is 27.8 Å². The lowest BCUT2D eigenvalue weighted by molar-refractivity contribution is -0.139. The van der Waals surface area contributed by atoms with Gasteiger partial charge < -0.3 is 25.6 Å². The summed E-state index contributed by atoms with van der Waals surface area (Å²) < 4.78 is 5.23. The van der Waals surface area contributed by atoms with Crippen LogP contribution in [0.3, 0.4) is 0 Å². The predicted molar refractivity (Wildman–Crippen MR) is 105 cm³/mol. The number of nitrogens with one attached hydrogen (secondary N) is 3. The van der Waals surface area contributed by atoms with Gasteiger partial charge in [-0.2, -0.15) is 0 Å². The quantitative estimate of drug-likeness (QED) is 0.617. The molecule has 29 heavy (non-hydrogen) atoms. The van der Waals surface area contributed by atoms with Crippen molar-refractivity contribution in [3.05, 3.63) is 23.4 Å². The minimum Gasteiger partial charge on any atom is -0.444 e. The molecule has 0 bridgehead atoms. The molecule has 158 valence electrons. The third kappa shape index (κ3) is 6.90. The van der Waals surface area contributed by atoms with Crippen LogP contribution in [0, 0.1) is 0 Å². The largest absolute Gasteiger partial charge is 0.444 e. The van der Waals surface area contributed by atoms with Crippen LogP contribution in [-0.2, 0) is 19.1 Å². The van der Waals surface area contributed by atoms with Crippen LogP contribution in [0.2, 0.25) is 5.02 Å². The van der Waals surface area contributed by atoms with Crippen LogP contribution in [0.15, 0.2) is 18.3 Å². The minimum absolute atomic E-state index is 0.0742. The van der Waals surface area contributed by atoms with Crippen LogP contribution >= 0.6 is 11.6 Å². The van der Waals surface area contributed by atoms with Crippen molar-refractivity contribution in [2.45, 2.75) is 44.9 Å². The number of ether oxygens (including phenoxy) is 1. The topological polar surface area (TPSA) is 130 Å². The molecule has 3 N–H and O–H groups in total. The number of piperidine rings is 1. The standard InChI is InChI=1S/C18H24ClN5O5/c1-18(2,3)29-17(28)22-12-9-24(4)14(25)7-11(12)21-15(26)16(27)23-13-6-5-10(19)8-20-13/h5-6,8,11-12H,7,9H2,1-4H3,(H,21,26)(H,22,28)(H,20,23,27)/t11-,12?/m0/s1. The molecular weight excluding hydrogens is 402 g/mol. The number of carbonyl (C=O) groups excluding carboxylic acids is 4. The summed E-state index contributed by atoms with van der Waals surface area (Å²) in [5.41, 5.74) is -0.704. The summed E-state index contributed by atoms with van der Waals surface area (Å²) in [6, 6.07) is 1.55. The number of alkyl carbamates (subject to hydrolysis) is 1. The Morgan fingerprint density at radius 1 is 1.17 bits per heavy atom. The maximum absolute atomic E-state index is 12.3. The third-order valence-electron chi connectivity index (χ3n) is 3.97. The van der Waals surface area contributed by atoms with Crippen molar-refractivity contribution in [2.24, 2.45) is 0 Å². The van der Waals surface area contributed by atoms with Crippen LogP contribution < -0.4 is 16.0 Å². The van der Waals surface area contributed by atoms with Gasteiger partial charge in [0.05, 0.1) is 17.1 Å². The molecule has 2 atom stereocenters. The monoisotopic (exact) mass is 425 g/mol. The molecule has 10 nitrogen and oxygen atoms in total. The first-order chi connectivity index (χ1) is 13.4. The van der Waals surface area contributed by atoms with Gasteiger partial charge in [0.15, 0.2) is 0 Å². The predicted octanol–water partition coefficient (Wildman–Crippen LogP) is 0.914. The molecular formula is C18H24ClN5O5. The lowest BCUT2D eigenvalue weighted by atomic mass is 9.99. The zero-order valence-electron chi connectivity index (χ0n) is 16.6. The summed E-state index contributed by atoms with van der Waals surface area (Å²) in [7, 11) is 1.59. The summed E-state index contributed by atoms with van der Waals surface area (Å²) in [5, 5.41) is 7.86. The summed E-state index contributed by atoms with van der Waals surface area (Å²) in [6.45, 7) is 5.32. The molecule has 0 saturated carbocycles. The van der Waals surface area contributed by atoms with E-state index < -0.39 is 35.6 Å². The van der Waals surface area contributed by atoms with E-state index in [1.165, 1.54) is 23.2 Å². The lowest BCUT2D eigenvalue weighted by Gasteiger charge is -2.37. The fourth-order valence-corrected chi connectivity index (χ4v) is 2.74. The second kappa shape index (κ2) is 9.08. The van der Waals surface area contributed by atoms with Crippen LogP contribution in [0.1, 0.15) is 27.2 Å². The van der Waals surface area contributed by atoms with Gasteiger partial charge in [-0.15, -0.1) is 0 Å². The number of likely N-dealkylation sites (tertiary alicyclic amines) is 1. The van der Waals surface area contributed by atoms with E-state index in [2.05, 4.69) is 20.9 Å². The van der Waals surface area contributed by atoms with Crippen molar-refractivity contribution in [3.63, 3.8) is 0 Å². The first-order valence-corrected chi connectivity index (χ1v) is 9.29. The Balaban J connectivity index is 2.02. The van der Waals surface area contributed by atoms with E-state index >= 15 is 0 Å². The molecule has 4 amide bonds. The Morgan fingerprint density at radius 3 is 2.45 bits per heavy atom. The number of anilines is 1. The van der Waals surface area contributed by atoms with E-state index in [0.717, 1.165) is 0 Å². The Labute approximate surface area is 173 Å². The highest BCUT2D eigenvalue weighted by Crippen LogP contribution is 2.14. The molecule has 11 heteroatoms. The van der Waals surface area contributed by atoms with Crippen molar-refractivity contribution < 1.29 is 23.9 Å². The molecule has 1 aromatic rings. The van der Waals surface area contributed by atoms with Gasteiger partial charge in [-0.1, -0.05) is 11.6 Å². The number of likely N-dealkylation sites (N-methyl/N-ethyl adjacent to an activating group) is 1. The molecule has 0 aromatic carbocycles. The smallest absolute Gasteiger partial charge is 0.408 e. The summed E-state index contributed by atoms with van der Waals surface area (Å²) >= 11 is 5.73. The molecule has 1 unspecified atom stereocenters. The van der Waals surface area contributed by atoms with Crippen molar-refractivity contribution in [1.82, 2.24) is 20.5 Å². The van der Waals surface area contributed by atoms with Crippen LogP contribution in [0.4, 0.5) is 10.6 Å². The fourth-order valence-electron chi connectivity index (χ4n) is 2.62. The number of rotatable bonds is 3. The van der Waals surface area contributed by atoms with Gasteiger partial charge in [0.25, 0.3) is 0 Å². The number of hydrogen-bond donors (Lipinski definition) is 3. The van der Waals surface area contributed by atoms with E-state index in [4.69, 9.17) is 16.3 Å². The van der Waals surface area contributed by atoms with Crippen molar-refractivity contribution >= 4 is 41.2 Å². The minimum atomic E-state index is -0.958. The highest BCUT2D eigenvalue weighted by atomic mass is 35.5. The first kappa shape index (κ1) is 22.4. The van der Waals surface area contributed by atoms with Crippen molar-refractivity contribution in [2.75, 3.05) is 18.9 Å². The third-order valence-corrected chi connectivity index (χ3v) is 4.19. The number of carbonyl (C=O) groups is 4. The second-order valence-corrected chi connectivity index (χ2v) is 8.06. The summed E-state index contributed by atoms with van der Waals surface area (Å²) in [6.07, 6.45) is 0.569. The number of halogens is 1. The molecule has 1 aliphatic heterocycles. The second-order valence-electron chi connectivity index (χ2n) is 7.63. The summed E-state index contributed by atoms with van der Waals surface area (Å²) in [4.78, 5) is 53.9. The number of nitrogens with zero attached hydrogens (tertiary/aromatic N) is 2. The summed E-state index contributed by atoms with van der Waals surface area (Å²) in [5.74, 6) is -1.99. The van der Waals surface area contributed by atoms with E-state index in [1.807, 2.05) is 0 Å². The van der Waals surface area contributed by atoms with Gasteiger partial charge in [-0.25, -0.2) is 9.78 Å². The maximum Gasteiger partial charge on any atom is 0.408 e. The molecule has 2 rings (SSSR count). The Bertz CT molecular complexity index is 793. The maximum atomic E-state index is 12.3. The molecule has 1 fully saturated rings. The van der Waals surface area contributed by atoms with Crippen LogP contribution in [0.5, 0.6) is 0 Å². The molecule has 0 aliphatic carbocycles. The average molecular weight is 426 g/mol. The first-order valence-electron chi connectivity index (χ1n) is 8.91. The molecule has 0 spiro atoms. The molecule has 0 radical (unpaired) electrons. The van der Waals surface area contributed by atoms with Gasteiger partial charge in [0, 0.05) is 26.2 Å². The van der Waals surface area contributed by atoms with Crippen molar-refractivity contribution in [3.8, 4) is 0 Å². The zero-order chi connectivity index (χ0) is 21.8. The normalized spacial score (nSPS) is 19.3. The van der Waals surface area contributed by atoms with Crippen LogP contribution in [0.25, 0.3) is 0 Å². The Kier molecular flexibility index (Phi) is 7.02. The Hall–Kier alpha value is -2.88. The lowest BCUT2D eigenvalue weighted by Crippen LogP contribution is -2.62. The van der Waals surface area contributed by atoms with Gasteiger partial charge >= 0.3 is 17.9 Å². The van der Waals surface area contributed by atoms with Gasteiger partial charge in [0.1, 0.15) is 11.4 Å². The average Bonchev–Trinajstić information content (AvgIpc) is 2.59. The molecule has 1 aromatic heterocycles. The van der Waals surface area contributed by atoms with Crippen molar-refractivity contribution in [1.29, 1.82) is 0 Å². The highest BCUT2D eigenvalue weighted by molar-refractivity contribution is 6.39. The van der Waals surface area contributed by atoms with Gasteiger partial charge in [-0.3, -0.25) is 14.4 Å². The Morgan fingerprint density at radius 2 is 1.86 bits per heavy atom. The number of pyridine rings is 1. The van der Waals surface area contributed by atoms with E-state index in [9.17, 15) is 19.2 Å². The highest BCUT2D eigenvalue weighted by Gasteiger charge is 2.36. The SMILES string of the molecule is CN1CC(NC(=O)OC(C)(C)C)[C@@H](NC(=O)C(=O)Nc2ccc(Cl)cn2)CC1=O. The zero-order valence-corrected chi connectivity index (χ0v) is 17.4. The number of hydrogen-bond acceptors (Lipinski definition) is 6. The molecule has 2 heterocycles. The number of aromatic nitrogens is 1. The van der Waals surface area contributed by atoms with Gasteiger partial charge in [-0.05, 0) is 32.9 Å². The fraction of sp³-hybridized carbons (Fsp3) is 0.500. The van der Waals surface area contributed by atoms with Gasteiger partial charge in [0.2, 0.25) is 5.91 Å². The van der Waals surface area contributed by atoms with E-state index in [0.29, 0.717) is 5.02 Å². The van der Waals surface area contributed by atoms with E-state index in [-0.39, 0.29) is 24.7 Å². The number of amides is 4. The molecule has 1 saturated heterocycles. The van der Waals surface area contributed by atoms with Crippen LogP contribution in [-0.4, -0.2) is 65.0 Å².